The smallest absolute Gasteiger partial charge is 0.396 e. The third kappa shape index (κ3) is 6.57. The number of nitrogens with one attached hydrogen (secondary N) is 2. The van der Waals surface area contributed by atoms with E-state index in [0.29, 0.717) is 17.0 Å². The summed E-state index contributed by atoms with van der Waals surface area (Å²) in [6.07, 6.45) is 0.565. The fourth-order valence-corrected chi connectivity index (χ4v) is 5.27. The zero-order chi connectivity index (χ0) is 27.4. The number of benzene rings is 1. The van der Waals surface area contributed by atoms with Crippen molar-refractivity contribution in [3.05, 3.63) is 53.3 Å². The van der Waals surface area contributed by atoms with Gasteiger partial charge in [-0.25, -0.2) is 4.98 Å². The molecule has 0 radical (unpaired) electrons. The molecule has 4 rings (SSSR count). The van der Waals surface area contributed by atoms with Crippen molar-refractivity contribution in [2.75, 3.05) is 40.5 Å². The summed E-state index contributed by atoms with van der Waals surface area (Å²) in [5.41, 5.74) is 4.74. The number of rotatable bonds is 10. The van der Waals surface area contributed by atoms with Crippen LogP contribution in [0.3, 0.4) is 0 Å². The second-order valence-corrected chi connectivity index (χ2v) is 11.0. The number of halogens is 3. The van der Waals surface area contributed by atoms with E-state index in [1.807, 2.05) is 34.0 Å². The quantitative estimate of drug-likeness (QED) is 0.315. The van der Waals surface area contributed by atoms with Crippen molar-refractivity contribution in [3.8, 4) is 11.1 Å². The van der Waals surface area contributed by atoms with Crippen molar-refractivity contribution in [2.45, 2.75) is 51.4 Å². The summed E-state index contributed by atoms with van der Waals surface area (Å²) in [6.45, 7) is 5.96. The maximum absolute atomic E-state index is 14.2. The molecule has 0 spiro atoms. The number of hydrogen-bond donors (Lipinski definition) is 3. The van der Waals surface area contributed by atoms with E-state index in [9.17, 15) is 18.3 Å². The third-order valence-corrected chi connectivity index (χ3v) is 7.59. The van der Waals surface area contributed by atoms with Crippen LogP contribution in [0.2, 0.25) is 0 Å². The maximum atomic E-state index is 14.2. The van der Waals surface area contributed by atoms with Crippen LogP contribution in [0.5, 0.6) is 0 Å². The van der Waals surface area contributed by atoms with Gasteiger partial charge in [-0.2, -0.15) is 13.2 Å². The normalized spacial score (nSPS) is 17.0. The van der Waals surface area contributed by atoms with Gasteiger partial charge in [0.15, 0.2) is 0 Å². The minimum atomic E-state index is -4.51. The van der Waals surface area contributed by atoms with Crippen LogP contribution < -0.4 is 5.32 Å². The molecule has 208 valence electrons. The summed E-state index contributed by atoms with van der Waals surface area (Å²) in [5, 5.41) is 12.7. The number of alkyl halides is 3. The monoisotopic (exact) mass is 532 g/mol. The lowest BCUT2D eigenvalue weighted by Gasteiger charge is -2.26. The highest BCUT2D eigenvalue weighted by Gasteiger charge is 2.42. The second-order valence-electron chi connectivity index (χ2n) is 11.0. The SMILES string of the molecule is CC(C)C(CO)CNC(c1c[nH]c2ncc(-c3ccc(C4CCOCC4)c(CN(C)C)c3)cc12)C(F)(F)F. The lowest BCUT2D eigenvalue weighted by Crippen LogP contribution is -2.38. The van der Waals surface area contributed by atoms with Crippen LogP contribution in [-0.4, -0.2) is 66.6 Å². The first-order chi connectivity index (χ1) is 18.1. The zero-order valence-corrected chi connectivity index (χ0v) is 22.6. The fourth-order valence-electron chi connectivity index (χ4n) is 5.27. The molecule has 38 heavy (non-hydrogen) atoms. The average Bonchev–Trinajstić information content (AvgIpc) is 3.28. The molecule has 2 unspecified atom stereocenters. The first-order valence-corrected chi connectivity index (χ1v) is 13.3. The van der Waals surface area contributed by atoms with Gasteiger partial charge < -0.3 is 25.0 Å². The van der Waals surface area contributed by atoms with Gasteiger partial charge >= 0.3 is 6.18 Å². The van der Waals surface area contributed by atoms with Crippen LogP contribution in [0, 0.1) is 11.8 Å². The predicted molar refractivity (Wildman–Crippen MR) is 144 cm³/mol. The Morgan fingerprint density at radius 1 is 1.16 bits per heavy atom. The van der Waals surface area contributed by atoms with Gasteiger partial charge in [0.2, 0.25) is 0 Å². The van der Waals surface area contributed by atoms with Gasteiger partial charge in [-0.05, 0) is 73.5 Å². The van der Waals surface area contributed by atoms with Crippen LogP contribution in [0.15, 0.2) is 36.7 Å². The van der Waals surface area contributed by atoms with Crippen molar-refractivity contribution in [1.29, 1.82) is 0 Å². The van der Waals surface area contributed by atoms with Gasteiger partial charge in [-0.15, -0.1) is 0 Å². The lowest BCUT2D eigenvalue weighted by atomic mass is 9.86. The molecule has 1 saturated heterocycles. The number of aliphatic hydroxyl groups excluding tert-OH is 1. The minimum Gasteiger partial charge on any atom is -0.396 e. The Morgan fingerprint density at radius 3 is 2.53 bits per heavy atom. The van der Waals surface area contributed by atoms with Gasteiger partial charge in [0.25, 0.3) is 0 Å². The van der Waals surface area contributed by atoms with E-state index < -0.39 is 12.2 Å². The van der Waals surface area contributed by atoms with Crippen LogP contribution >= 0.6 is 0 Å². The van der Waals surface area contributed by atoms with E-state index in [0.717, 1.165) is 43.7 Å². The summed E-state index contributed by atoms with van der Waals surface area (Å²) >= 11 is 0. The zero-order valence-electron chi connectivity index (χ0n) is 22.6. The fraction of sp³-hybridized carbons (Fsp3) is 0.552. The van der Waals surface area contributed by atoms with E-state index in [1.54, 1.807) is 12.3 Å². The number of fused-ring (bicyclic) bond motifs is 1. The molecule has 3 N–H and O–H groups in total. The molecule has 3 heterocycles. The van der Waals surface area contributed by atoms with Crippen molar-refractivity contribution in [2.24, 2.45) is 11.8 Å². The van der Waals surface area contributed by atoms with Crippen molar-refractivity contribution >= 4 is 11.0 Å². The molecular formula is C29H39F3N4O2. The van der Waals surface area contributed by atoms with Crippen LogP contribution in [-0.2, 0) is 11.3 Å². The molecule has 1 aromatic carbocycles. The number of H-pyrrole nitrogens is 1. The van der Waals surface area contributed by atoms with E-state index in [1.165, 1.54) is 17.3 Å². The van der Waals surface area contributed by atoms with Crippen molar-refractivity contribution in [3.63, 3.8) is 0 Å². The average molecular weight is 533 g/mol. The first kappa shape index (κ1) is 28.5. The van der Waals surface area contributed by atoms with Gasteiger partial charge in [0.1, 0.15) is 11.7 Å². The Morgan fingerprint density at radius 2 is 1.89 bits per heavy atom. The molecular weight excluding hydrogens is 493 g/mol. The van der Waals surface area contributed by atoms with E-state index in [4.69, 9.17) is 4.74 Å². The van der Waals surface area contributed by atoms with Crippen LogP contribution in [0.4, 0.5) is 13.2 Å². The Bertz CT molecular complexity index is 1200. The van der Waals surface area contributed by atoms with Crippen LogP contribution in [0.1, 0.15) is 55.3 Å². The summed E-state index contributed by atoms with van der Waals surface area (Å²) in [7, 11) is 4.07. The molecule has 0 aliphatic carbocycles. The number of aliphatic hydroxyl groups is 1. The molecule has 9 heteroatoms. The topological polar surface area (TPSA) is 73.4 Å². The molecule has 1 fully saturated rings. The molecule has 2 atom stereocenters. The number of ether oxygens (including phenoxy) is 1. The summed E-state index contributed by atoms with van der Waals surface area (Å²) in [6, 6.07) is 6.28. The third-order valence-electron chi connectivity index (χ3n) is 7.59. The van der Waals surface area contributed by atoms with Gasteiger partial charge in [0.05, 0.1) is 0 Å². The summed E-state index contributed by atoms with van der Waals surface area (Å²) < 4.78 is 48.2. The standard InChI is InChI=1S/C29H39F3N4O2/c1-18(2)23(17-37)14-33-27(29(30,31)32)26-15-35-28-25(26)12-21(13-34-28)20-5-6-24(19-7-9-38-10-8-19)22(11-20)16-36(3)4/h5-6,11-13,15,18-19,23,27,33,37H,7-10,14,16-17H2,1-4H3,(H,34,35). The maximum Gasteiger partial charge on any atom is 0.407 e. The van der Waals surface area contributed by atoms with Gasteiger partial charge in [0, 0.05) is 61.8 Å². The molecule has 6 nitrogen and oxygen atoms in total. The van der Waals surface area contributed by atoms with Gasteiger partial charge in [-0.3, -0.25) is 0 Å². The number of aromatic nitrogens is 2. The molecule has 1 aliphatic heterocycles. The first-order valence-electron chi connectivity index (χ1n) is 13.3. The summed E-state index contributed by atoms with van der Waals surface area (Å²) in [4.78, 5) is 9.51. The number of pyridine rings is 1. The number of hydrogen-bond acceptors (Lipinski definition) is 5. The highest BCUT2D eigenvalue weighted by Crippen LogP contribution is 2.38. The van der Waals surface area contributed by atoms with Crippen molar-refractivity contribution < 1.29 is 23.0 Å². The highest BCUT2D eigenvalue weighted by atomic mass is 19.4. The Balaban J connectivity index is 1.70. The minimum absolute atomic E-state index is 0.0538. The number of aromatic amines is 1. The van der Waals surface area contributed by atoms with Crippen LogP contribution in [0.25, 0.3) is 22.2 Å². The Hall–Kier alpha value is -2.46. The van der Waals surface area contributed by atoms with E-state index >= 15 is 0 Å². The Labute approximate surface area is 222 Å². The highest BCUT2D eigenvalue weighted by molar-refractivity contribution is 5.85. The van der Waals surface area contributed by atoms with E-state index in [2.05, 4.69) is 32.3 Å². The second kappa shape index (κ2) is 12.2. The summed E-state index contributed by atoms with van der Waals surface area (Å²) in [5.74, 6) is 0.220. The molecule has 0 saturated carbocycles. The molecule has 3 aromatic rings. The molecule has 0 amide bonds. The van der Waals surface area contributed by atoms with Gasteiger partial charge in [-0.1, -0.05) is 26.0 Å². The molecule has 1 aliphatic rings. The van der Waals surface area contributed by atoms with E-state index in [-0.39, 0.29) is 30.6 Å². The lowest BCUT2D eigenvalue weighted by molar-refractivity contribution is -0.158. The Kier molecular flexibility index (Phi) is 9.13. The predicted octanol–water partition coefficient (Wildman–Crippen LogP) is 5.64. The molecule has 2 aromatic heterocycles. The van der Waals surface area contributed by atoms with Crippen molar-refractivity contribution in [1.82, 2.24) is 20.2 Å². The largest absolute Gasteiger partial charge is 0.407 e. The number of nitrogens with zero attached hydrogens (tertiary/aromatic N) is 2. The molecule has 0 bridgehead atoms.